The molecule has 1 aliphatic rings. The first kappa shape index (κ1) is 8.55. The van der Waals surface area contributed by atoms with E-state index < -0.39 is 0 Å². The van der Waals surface area contributed by atoms with Crippen molar-refractivity contribution in [2.24, 2.45) is 5.92 Å². The van der Waals surface area contributed by atoms with Gasteiger partial charge in [-0.1, -0.05) is 6.92 Å². The van der Waals surface area contributed by atoms with Crippen LogP contribution in [0.2, 0.25) is 0 Å². The van der Waals surface area contributed by atoms with Gasteiger partial charge in [0.1, 0.15) is 6.61 Å². The van der Waals surface area contributed by atoms with Gasteiger partial charge in [0.25, 0.3) is 0 Å². The fourth-order valence-electron chi connectivity index (χ4n) is 1.55. The molecule has 0 spiro atoms. The predicted octanol–water partition coefficient (Wildman–Crippen LogP) is 2.11. The molecule has 0 heterocycles. The van der Waals surface area contributed by atoms with Gasteiger partial charge in [0.15, 0.2) is 0 Å². The molecule has 0 aromatic heterocycles. The summed E-state index contributed by atoms with van der Waals surface area (Å²) in [4.78, 5) is 0. The predicted molar refractivity (Wildman–Crippen MR) is 43.0 cm³/mol. The Bertz CT molecular complexity index is 142. The molecule has 1 saturated carbocycles. The van der Waals surface area contributed by atoms with E-state index in [1.807, 2.05) is 6.07 Å². The second kappa shape index (κ2) is 4.35. The lowest BCUT2D eigenvalue weighted by molar-refractivity contribution is 0.0390. The van der Waals surface area contributed by atoms with Gasteiger partial charge in [-0.3, -0.25) is 0 Å². The number of nitrogens with zero attached hydrogens (tertiary/aromatic N) is 1. The van der Waals surface area contributed by atoms with Crippen molar-refractivity contribution >= 4 is 0 Å². The van der Waals surface area contributed by atoms with E-state index in [1.165, 1.54) is 12.8 Å². The molecule has 62 valence electrons. The van der Waals surface area contributed by atoms with E-state index in [-0.39, 0.29) is 6.61 Å². The summed E-state index contributed by atoms with van der Waals surface area (Å²) in [5.74, 6) is 0.858. The molecule has 0 saturated heterocycles. The molecule has 0 bridgehead atoms. The molecule has 1 aliphatic carbocycles. The fraction of sp³-hybridized carbons (Fsp3) is 0.889. The van der Waals surface area contributed by atoms with E-state index in [1.54, 1.807) is 0 Å². The summed E-state index contributed by atoms with van der Waals surface area (Å²) < 4.78 is 5.32. The molecule has 0 aromatic rings. The van der Waals surface area contributed by atoms with Crippen LogP contribution in [0, 0.1) is 17.2 Å². The van der Waals surface area contributed by atoms with E-state index >= 15 is 0 Å². The molecule has 0 aromatic carbocycles. The van der Waals surface area contributed by atoms with Crippen molar-refractivity contribution in [3.63, 3.8) is 0 Å². The zero-order chi connectivity index (χ0) is 8.10. The molecule has 11 heavy (non-hydrogen) atoms. The number of rotatable bonds is 2. The molecule has 0 atom stereocenters. The van der Waals surface area contributed by atoms with Crippen LogP contribution in [0.4, 0.5) is 0 Å². The maximum Gasteiger partial charge on any atom is 0.134 e. The lowest BCUT2D eigenvalue weighted by atomic mass is 9.89. The molecule has 2 heteroatoms. The third-order valence-corrected chi connectivity index (χ3v) is 2.35. The Morgan fingerprint density at radius 3 is 2.55 bits per heavy atom. The van der Waals surface area contributed by atoms with Crippen LogP contribution < -0.4 is 0 Å². The van der Waals surface area contributed by atoms with Gasteiger partial charge in [-0.15, -0.1) is 0 Å². The molecule has 0 amide bonds. The molecule has 0 radical (unpaired) electrons. The first-order chi connectivity index (χ1) is 5.33. The van der Waals surface area contributed by atoms with Gasteiger partial charge < -0.3 is 4.74 Å². The summed E-state index contributed by atoms with van der Waals surface area (Å²) in [5, 5.41) is 8.27. The molecule has 1 rings (SSSR count). The fourth-order valence-corrected chi connectivity index (χ4v) is 1.55. The van der Waals surface area contributed by atoms with E-state index in [4.69, 9.17) is 10.00 Å². The van der Waals surface area contributed by atoms with Crippen LogP contribution in [0.3, 0.4) is 0 Å². The summed E-state index contributed by atoms with van der Waals surface area (Å²) in [7, 11) is 0. The van der Waals surface area contributed by atoms with E-state index in [0.29, 0.717) is 6.10 Å². The highest BCUT2D eigenvalue weighted by Crippen LogP contribution is 2.25. The van der Waals surface area contributed by atoms with E-state index in [9.17, 15) is 0 Å². The van der Waals surface area contributed by atoms with Gasteiger partial charge in [0.05, 0.1) is 12.2 Å². The average molecular weight is 153 g/mol. The van der Waals surface area contributed by atoms with Crippen LogP contribution in [0.15, 0.2) is 0 Å². The third-order valence-electron chi connectivity index (χ3n) is 2.35. The maximum atomic E-state index is 8.27. The molecule has 0 N–H and O–H groups in total. The summed E-state index contributed by atoms with van der Waals surface area (Å²) in [5.41, 5.74) is 0. The largest absolute Gasteiger partial charge is 0.363 e. The minimum absolute atomic E-state index is 0.263. The van der Waals surface area contributed by atoms with Gasteiger partial charge in [-0.05, 0) is 31.6 Å². The topological polar surface area (TPSA) is 33.0 Å². The molecule has 2 nitrogen and oxygen atoms in total. The van der Waals surface area contributed by atoms with Gasteiger partial charge in [-0.25, -0.2) is 0 Å². The Morgan fingerprint density at radius 2 is 2.00 bits per heavy atom. The van der Waals surface area contributed by atoms with Gasteiger partial charge in [-0.2, -0.15) is 5.26 Å². The Balaban J connectivity index is 2.13. The zero-order valence-corrected chi connectivity index (χ0v) is 7.05. The summed E-state index contributed by atoms with van der Waals surface area (Å²) >= 11 is 0. The minimum Gasteiger partial charge on any atom is -0.363 e. The summed E-state index contributed by atoms with van der Waals surface area (Å²) in [6, 6.07) is 2.00. The second-order valence-corrected chi connectivity index (χ2v) is 3.35. The van der Waals surface area contributed by atoms with Crippen molar-refractivity contribution in [1.82, 2.24) is 0 Å². The summed E-state index contributed by atoms with van der Waals surface area (Å²) in [6.45, 7) is 2.54. The summed E-state index contributed by atoms with van der Waals surface area (Å²) in [6.07, 6.45) is 5.17. The van der Waals surface area contributed by atoms with Crippen LogP contribution in [0.5, 0.6) is 0 Å². The molecular weight excluding hydrogens is 138 g/mol. The third kappa shape index (κ3) is 2.90. The highest BCUT2D eigenvalue weighted by molar-refractivity contribution is 4.73. The number of hydrogen-bond acceptors (Lipinski definition) is 2. The lowest BCUT2D eigenvalue weighted by Gasteiger charge is -2.25. The molecular formula is C9H15NO. The smallest absolute Gasteiger partial charge is 0.134 e. The van der Waals surface area contributed by atoms with Crippen molar-refractivity contribution in [3.05, 3.63) is 0 Å². The average Bonchev–Trinajstić information content (AvgIpc) is 2.04. The maximum absolute atomic E-state index is 8.27. The lowest BCUT2D eigenvalue weighted by Crippen LogP contribution is -2.20. The van der Waals surface area contributed by atoms with Crippen LogP contribution in [-0.2, 0) is 4.74 Å². The number of ether oxygens (including phenoxy) is 1. The van der Waals surface area contributed by atoms with Crippen molar-refractivity contribution in [3.8, 4) is 6.07 Å². The van der Waals surface area contributed by atoms with Crippen LogP contribution >= 0.6 is 0 Å². The number of nitriles is 1. The SMILES string of the molecule is CC1CCC(OCC#N)CC1. The first-order valence-corrected chi connectivity index (χ1v) is 4.31. The van der Waals surface area contributed by atoms with Crippen molar-refractivity contribution in [2.45, 2.75) is 38.7 Å². The van der Waals surface area contributed by atoms with Gasteiger partial charge in [0, 0.05) is 0 Å². The van der Waals surface area contributed by atoms with E-state index in [2.05, 4.69) is 6.92 Å². The normalized spacial score (nSPS) is 31.3. The van der Waals surface area contributed by atoms with E-state index in [0.717, 1.165) is 18.8 Å². The highest BCUT2D eigenvalue weighted by Gasteiger charge is 2.17. The van der Waals surface area contributed by atoms with Crippen molar-refractivity contribution in [1.29, 1.82) is 5.26 Å². The van der Waals surface area contributed by atoms with Gasteiger partial charge in [0.2, 0.25) is 0 Å². The Kier molecular flexibility index (Phi) is 3.38. The number of hydrogen-bond donors (Lipinski definition) is 0. The Hall–Kier alpha value is -0.550. The second-order valence-electron chi connectivity index (χ2n) is 3.35. The van der Waals surface area contributed by atoms with Crippen LogP contribution in [0.25, 0.3) is 0 Å². The minimum atomic E-state index is 0.263. The molecule has 1 fully saturated rings. The van der Waals surface area contributed by atoms with Crippen LogP contribution in [-0.4, -0.2) is 12.7 Å². The monoisotopic (exact) mass is 153 g/mol. The van der Waals surface area contributed by atoms with Crippen LogP contribution in [0.1, 0.15) is 32.6 Å². The standard InChI is InChI=1S/C9H15NO/c1-8-2-4-9(5-3-8)11-7-6-10/h8-9H,2-5,7H2,1H3. The zero-order valence-electron chi connectivity index (χ0n) is 7.05. The highest BCUT2D eigenvalue weighted by atomic mass is 16.5. The van der Waals surface area contributed by atoms with Gasteiger partial charge >= 0.3 is 0 Å². The van der Waals surface area contributed by atoms with Crippen molar-refractivity contribution in [2.75, 3.05) is 6.61 Å². The Morgan fingerprint density at radius 1 is 1.36 bits per heavy atom. The molecule has 0 aliphatic heterocycles. The Labute approximate surface area is 68.2 Å². The van der Waals surface area contributed by atoms with Crippen molar-refractivity contribution < 1.29 is 4.74 Å². The quantitative estimate of drug-likeness (QED) is 0.608. The first-order valence-electron chi connectivity index (χ1n) is 4.31. The molecule has 0 unspecified atom stereocenters.